The van der Waals surface area contributed by atoms with Crippen molar-refractivity contribution in [1.82, 2.24) is 4.90 Å². The summed E-state index contributed by atoms with van der Waals surface area (Å²) in [6, 6.07) is 14.2. The monoisotopic (exact) mass is 327 g/mol. The summed E-state index contributed by atoms with van der Waals surface area (Å²) < 4.78 is 16.3. The highest BCUT2D eigenvalue weighted by molar-refractivity contribution is 6.09. The van der Waals surface area contributed by atoms with Crippen molar-refractivity contribution in [2.75, 3.05) is 28.3 Å². The number of methoxy groups -OCH3 is 2. The number of nitrogens with zero attached hydrogens (tertiary/aromatic N) is 1. The minimum Gasteiger partial charge on any atom is -0.497 e. The number of ether oxygens (including phenoxy) is 3. The van der Waals surface area contributed by atoms with Gasteiger partial charge in [-0.1, -0.05) is 18.2 Å². The molecule has 0 N–H and O–H groups in total. The summed E-state index contributed by atoms with van der Waals surface area (Å²) in [7, 11) is 6.73. The molecule has 2 aromatic rings. The molecule has 0 saturated carbocycles. The first kappa shape index (κ1) is 17.4. The zero-order valence-corrected chi connectivity index (χ0v) is 14.3. The lowest BCUT2D eigenvalue weighted by Crippen LogP contribution is -2.15. The zero-order valence-electron chi connectivity index (χ0n) is 14.3. The summed E-state index contributed by atoms with van der Waals surface area (Å²) in [5, 5.41) is 0. The third-order valence-electron chi connectivity index (χ3n) is 3.22. The lowest BCUT2D eigenvalue weighted by atomic mass is 10.1. The highest BCUT2D eigenvalue weighted by atomic mass is 16.5. The van der Waals surface area contributed by atoms with Crippen LogP contribution in [0.3, 0.4) is 0 Å². The first-order chi connectivity index (χ1) is 11.5. The summed E-state index contributed by atoms with van der Waals surface area (Å²) in [6.45, 7) is 0. The van der Waals surface area contributed by atoms with Gasteiger partial charge in [0.25, 0.3) is 0 Å². The minimum atomic E-state index is -0.271. The van der Waals surface area contributed by atoms with E-state index in [1.54, 1.807) is 48.5 Å². The average molecular weight is 327 g/mol. The molecule has 2 rings (SSSR count). The van der Waals surface area contributed by atoms with Crippen LogP contribution in [-0.2, 0) is 0 Å². The van der Waals surface area contributed by atoms with Crippen molar-refractivity contribution in [2.24, 2.45) is 0 Å². The fourth-order valence-electron chi connectivity index (χ4n) is 2.10. The van der Waals surface area contributed by atoms with E-state index in [-0.39, 0.29) is 11.5 Å². The number of benzene rings is 2. The predicted octanol–water partition coefficient (Wildman–Crippen LogP) is 3.37. The molecule has 0 amide bonds. The quantitative estimate of drug-likeness (QED) is 0.443. The first-order valence-corrected chi connectivity index (χ1v) is 7.43. The standard InChI is InChI=1S/C19H21NO4/c1-20(2)13-18(24-14-8-6-5-7-9-14)19(21)16-11-10-15(22-3)12-17(16)23-4/h5-13H,1-4H3. The van der Waals surface area contributed by atoms with Crippen LogP contribution in [0, 0.1) is 0 Å². The van der Waals surface area contributed by atoms with E-state index in [1.165, 1.54) is 7.11 Å². The van der Waals surface area contributed by atoms with Crippen LogP contribution >= 0.6 is 0 Å². The smallest absolute Gasteiger partial charge is 0.233 e. The number of hydrogen-bond acceptors (Lipinski definition) is 5. The number of ketones is 1. The van der Waals surface area contributed by atoms with Gasteiger partial charge in [-0.15, -0.1) is 0 Å². The molecular formula is C19H21NO4. The summed E-state index contributed by atoms with van der Waals surface area (Å²) in [4.78, 5) is 14.7. The average Bonchev–Trinajstić information content (AvgIpc) is 2.60. The van der Waals surface area contributed by atoms with Crippen LogP contribution in [-0.4, -0.2) is 39.0 Å². The van der Waals surface area contributed by atoms with Crippen LogP contribution in [0.4, 0.5) is 0 Å². The molecule has 0 aliphatic heterocycles. The Bertz CT molecular complexity index is 723. The Morgan fingerprint density at radius 1 is 0.958 bits per heavy atom. The molecule has 0 fully saturated rings. The molecule has 0 spiro atoms. The first-order valence-electron chi connectivity index (χ1n) is 7.43. The topological polar surface area (TPSA) is 48.0 Å². The fourth-order valence-corrected chi connectivity index (χ4v) is 2.10. The lowest BCUT2D eigenvalue weighted by molar-refractivity contribution is 0.0979. The van der Waals surface area contributed by atoms with Gasteiger partial charge in [-0.25, -0.2) is 0 Å². The second-order valence-corrected chi connectivity index (χ2v) is 5.27. The molecule has 0 radical (unpaired) electrons. The number of para-hydroxylation sites is 1. The number of Topliss-reactive ketones (excluding diaryl/α,β-unsaturated/α-hetero) is 1. The van der Waals surface area contributed by atoms with E-state index < -0.39 is 0 Å². The van der Waals surface area contributed by atoms with Gasteiger partial charge in [-0.2, -0.15) is 0 Å². The third-order valence-corrected chi connectivity index (χ3v) is 3.22. The Kier molecular flexibility index (Phi) is 5.84. The summed E-state index contributed by atoms with van der Waals surface area (Å²) in [5.74, 6) is 1.57. The van der Waals surface area contributed by atoms with Crippen LogP contribution in [0.15, 0.2) is 60.5 Å². The molecular weight excluding hydrogens is 306 g/mol. The van der Waals surface area contributed by atoms with Crippen LogP contribution in [0.1, 0.15) is 10.4 Å². The van der Waals surface area contributed by atoms with Gasteiger partial charge in [0.2, 0.25) is 5.78 Å². The Balaban J connectivity index is 2.38. The molecule has 0 bridgehead atoms. The zero-order chi connectivity index (χ0) is 17.5. The minimum absolute atomic E-state index is 0.203. The number of allylic oxidation sites excluding steroid dienone is 1. The van der Waals surface area contributed by atoms with Gasteiger partial charge < -0.3 is 19.1 Å². The van der Waals surface area contributed by atoms with Gasteiger partial charge in [0.1, 0.15) is 17.2 Å². The van der Waals surface area contributed by atoms with E-state index in [0.29, 0.717) is 22.8 Å². The van der Waals surface area contributed by atoms with Gasteiger partial charge in [0, 0.05) is 26.4 Å². The number of carbonyl (C=O) groups is 1. The molecule has 0 atom stereocenters. The molecule has 0 saturated heterocycles. The molecule has 5 nitrogen and oxygen atoms in total. The largest absolute Gasteiger partial charge is 0.497 e. The van der Waals surface area contributed by atoms with Crippen molar-refractivity contribution in [1.29, 1.82) is 0 Å². The molecule has 0 aliphatic carbocycles. The molecule has 0 aromatic heterocycles. The van der Waals surface area contributed by atoms with Gasteiger partial charge in [0.05, 0.1) is 19.8 Å². The van der Waals surface area contributed by atoms with E-state index in [0.717, 1.165) is 0 Å². The van der Waals surface area contributed by atoms with Crippen LogP contribution in [0.25, 0.3) is 0 Å². The SMILES string of the molecule is COc1ccc(C(=O)C(=CN(C)C)Oc2ccccc2)c(OC)c1. The Morgan fingerprint density at radius 2 is 1.67 bits per heavy atom. The summed E-state index contributed by atoms with van der Waals surface area (Å²) in [6.07, 6.45) is 1.64. The van der Waals surface area contributed by atoms with E-state index in [9.17, 15) is 4.79 Å². The molecule has 5 heteroatoms. The van der Waals surface area contributed by atoms with E-state index in [4.69, 9.17) is 14.2 Å². The second kappa shape index (κ2) is 8.06. The van der Waals surface area contributed by atoms with E-state index in [1.807, 2.05) is 32.3 Å². The van der Waals surface area contributed by atoms with Gasteiger partial charge in [0.15, 0.2) is 5.76 Å². The van der Waals surface area contributed by atoms with Crippen LogP contribution < -0.4 is 14.2 Å². The highest BCUT2D eigenvalue weighted by Crippen LogP contribution is 2.27. The Morgan fingerprint density at radius 3 is 2.25 bits per heavy atom. The molecule has 0 heterocycles. The van der Waals surface area contributed by atoms with E-state index in [2.05, 4.69) is 0 Å². The maximum Gasteiger partial charge on any atom is 0.233 e. The van der Waals surface area contributed by atoms with Crippen molar-refractivity contribution < 1.29 is 19.0 Å². The number of carbonyl (C=O) groups excluding carboxylic acids is 1. The summed E-state index contributed by atoms with van der Waals surface area (Å²) in [5.41, 5.74) is 0.405. The summed E-state index contributed by atoms with van der Waals surface area (Å²) >= 11 is 0. The maximum absolute atomic E-state index is 12.9. The van der Waals surface area contributed by atoms with Crippen LogP contribution in [0.5, 0.6) is 17.2 Å². The molecule has 2 aromatic carbocycles. The van der Waals surface area contributed by atoms with Crippen molar-refractivity contribution in [2.45, 2.75) is 0 Å². The second-order valence-electron chi connectivity index (χ2n) is 5.27. The fraction of sp³-hybridized carbons (Fsp3) is 0.211. The predicted molar refractivity (Wildman–Crippen MR) is 92.7 cm³/mol. The maximum atomic E-state index is 12.9. The van der Waals surface area contributed by atoms with Gasteiger partial charge in [-0.05, 0) is 24.3 Å². The van der Waals surface area contributed by atoms with Gasteiger partial charge in [-0.3, -0.25) is 4.79 Å². The van der Waals surface area contributed by atoms with Crippen molar-refractivity contribution in [3.8, 4) is 17.2 Å². The normalized spacial score (nSPS) is 10.9. The van der Waals surface area contributed by atoms with Crippen molar-refractivity contribution >= 4 is 5.78 Å². The lowest BCUT2D eigenvalue weighted by Gasteiger charge is -2.15. The number of hydrogen-bond donors (Lipinski definition) is 0. The molecule has 24 heavy (non-hydrogen) atoms. The third kappa shape index (κ3) is 4.29. The van der Waals surface area contributed by atoms with Crippen molar-refractivity contribution in [3.05, 3.63) is 66.1 Å². The van der Waals surface area contributed by atoms with Gasteiger partial charge >= 0.3 is 0 Å². The van der Waals surface area contributed by atoms with E-state index >= 15 is 0 Å². The molecule has 0 unspecified atom stereocenters. The van der Waals surface area contributed by atoms with Crippen molar-refractivity contribution in [3.63, 3.8) is 0 Å². The number of rotatable bonds is 7. The molecule has 0 aliphatic rings. The Hall–Kier alpha value is -2.95. The molecule has 126 valence electrons. The Labute approximate surface area is 142 Å². The van der Waals surface area contributed by atoms with Crippen LogP contribution in [0.2, 0.25) is 0 Å². The highest BCUT2D eigenvalue weighted by Gasteiger charge is 2.20.